The fraction of sp³-hybridized carbons (Fsp3) is 0.625. The number of nitrogens with zero attached hydrogens (tertiary/aromatic N) is 5. The van der Waals surface area contributed by atoms with Gasteiger partial charge in [-0.05, 0) is 13.8 Å². The lowest BCUT2D eigenvalue weighted by Crippen LogP contribution is -2.49. The van der Waals surface area contributed by atoms with Crippen molar-refractivity contribution in [1.29, 1.82) is 0 Å². The Kier molecular flexibility index (Phi) is 5.44. The van der Waals surface area contributed by atoms with Crippen molar-refractivity contribution in [2.24, 2.45) is 0 Å². The summed E-state index contributed by atoms with van der Waals surface area (Å²) in [5, 5.41) is 10.4. The number of rotatable bonds is 6. The predicted molar refractivity (Wildman–Crippen MR) is 90.0 cm³/mol. The minimum atomic E-state index is -0.0952. The van der Waals surface area contributed by atoms with E-state index in [1.807, 2.05) is 13.8 Å². The van der Waals surface area contributed by atoms with Gasteiger partial charge in [0.2, 0.25) is 17.7 Å². The predicted octanol–water partition coefficient (Wildman–Crippen LogP) is 1.25. The Bertz CT molecular complexity index is 704. The number of hydrogen-bond donors (Lipinski definition) is 1. The molecule has 136 valence electrons. The number of nitrogens with one attached hydrogen (secondary N) is 1. The van der Waals surface area contributed by atoms with Crippen LogP contribution in [0, 0.1) is 6.92 Å². The summed E-state index contributed by atoms with van der Waals surface area (Å²) < 4.78 is 10.3. The molecule has 2 aromatic heterocycles. The van der Waals surface area contributed by atoms with E-state index in [0.29, 0.717) is 18.3 Å². The van der Waals surface area contributed by atoms with Crippen LogP contribution in [-0.2, 0) is 11.2 Å². The van der Waals surface area contributed by atoms with Crippen LogP contribution >= 0.6 is 0 Å². The average Bonchev–Trinajstić information content (AvgIpc) is 3.24. The number of aromatic nitrogens is 3. The molecule has 0 spiro atoms. The summed E-state index contributed by atoms with van der Waals surface area (Å²) in [5.41, 5.74) is 0.741. The molecule has 1 fully saturated rings. The Morgan fingerprint density at radius 1 is 1.28 bits per heavy atom. The second-order valence-electron chi connectivity index (χ2n) is 6.27. The van der Waals surface area contributed by atoms with Crippen molar-refractivity contribution in [2.45, 2.75) is 33.2 Å². The van der Waals surface area contributed by atoms with Crippen LogP contribution < -0.4 is 5.32 Å². The molecule has 1 saturated heterocycles. The molecular weight excluding hydrogens is 324 g/mol. The van der Waals surface area contributed by atoms with Gasteiger partial charge in [-0.15, -0.1) is 0 Å². The first-order valence-electron chi connectivity index (χ1n) is 8.57. The molecule has 0 aromatic carbocycles. The van der Waals surface area contributed by atoms with E-state index in [2.05, 4.69) is 37.3 Å². The van der Waals surface area contributed by atoms with Gasteiger partial charge in [0.1, 0.15) is 0 Å². The van der Waals surface area contributed by atoms with Gasteiger partial charge in [0.05, 0.1) is 18.3 Å². The van der Waals surface area contributed by atoms with Crippen LogP contribution in [0.5, 0.6) is 0 Å². The molecule has 3 heterocycles. The number of carbonyl (C=O) groups is 1. The lowest BCUT2D eigenvalue weighted by molar-refractivity contribution is -0.117. The first-order valence-corrected chi connectivity index (χ1v) is 8.57. The summed E-state index contributed by atoms with van der Waals surface area (Å²) in [6, 6.07) is 1.79. The van der Waals surface area contributed by atoms with Crippen LogP contribution in [0.25, 0.3) is 0 Å². The summed E-state index contributed by atoms with van der Waals surface area (Å²) in [7, 11) is 0. The number of anilines is 1. The van der Waals surface area contributed by atoms with Crippen molar-refractivity contribution in [2.75, 3.05) is 38.0 Å². The maximum atomic E-state index is 12.1. The molecule has 2 aromatic rings. The highest BCUT2D eigenvalue weighted by atomic mass is 16.5. The molecule has 1 N–H and O–H groups in total. The summed E-state index contributed by atoms with van der Waals surface area (Å²) in [5.74, 6) is 1.68. The zero-order chi connectivity index (χ0) is 17.8. The minimum absolute atomic E-state index is 0.0842. The topological polar surface area (TPSA) is 101 Å². The number of piperazine rings is 1. The van der Waals surface area contributed by atoms with Crippen molar-refractivity contribution >= 4 is 11.8 Å². The largest absolute Gasteiger partial charge is 0.338 e. The van der Waals surface area contributed by atoms with Gasteiger partial charge in [-0.2, -0.15) is 4.98 Å². The molecule has 0 radical (unpaired) electrons. The van der Waals surface area contributed by atoms with E-state index in [1.54, 1.807) is 6.07 Å². The third-order valence-corrected chi connectivity index (χ3v) is 4.37. The maximum absolute atomic E-state index is 12.1. The van der Waals surface area contributed by atoms with Gasteiger partial charge in [-0.25, -0.2) is 0 Å². The molecule has 1 aliphatic rings. The molecule has 0 aliphatic carbocycles. The summed E-state index contributed by atoms with van der Waals surface area (Å²) in [6.07, 6.45) is 0.768. The normalized spacial score (nSPS) is 17.6. The van der Waals surface area contributed by atoms with E-state index in [9.17, 15) is 4.79 Å². The highest BCUT2D eigenvalue weighted by Crippen LogP contribution is 2.20. The lowest BCUT2D eigenvalue weighted by Gasteiger charge is -2.36. The smallest absolute Gasteiger partial charge is 0.243 e. The standard InChI is InChI=1S/C16H24N6O3/c1-4-13-17-16(25-20-13)12(3)22-7-5-21(6-8-22)10-14(23)18-15-9-11(2)19-24-15/h9,12H,4-8,10H2,1-3H3,(H,18,23)/t12-/m0/s1. The van der Waals surface area contributed by atoms with Gasteiger partial charge in [0, 0.05) is 38.7 Å². The Hall–Kier alpha value is -2.26. The molecule has 0 saturated carbocycles. The lowest BCUT2D eigenvalue weighted by atomic mass is 10.2. The van der Waals surface area contributed by atoms with Crippen molar-refractivity contribution in [1.82, 2.24) is 25.1 Å². The van der Waals surface area contributed by atoms with Gasteiger partial charge in [-0.1, -0.05) is 17.2 Å². The van der Waals surface area contributed by atoms with Gasteiger partial charge in [-0.3, -0.25) is 19.9 Å². The SMILES string of the molecule is CCc1noc([C@H](C)N2CCN(CC(=O)Nc3cc(C)no3)CC2)n1. The molecule has 1 amide bonds. The zero-order valence-corrected chi connectivity index (χ0v) is 14.9. The molecular formula is C16H24N6O3. The van der Waals surface area contributed by atoms with Crippen LogP contribution in [0.1, 0.15) is 37.3 Å². The van der Waals surface area contributed by atoms with Gasteiger partial charge in [0.15, 0.2) is 5.82 Å². The number of hydrogen-bond acceptors (Lipinski definition) is 8. The van der Waals surface area contributed by atoms with Crippen LogP contribution in [-0.4, -0.2) is 63.7 Å². The fourth-order valence-corrected chi connectivity index (χ4v) is 2.85. The summed E-state index contributed by atoms with van der Waals surface area (Å²) in [4.78, 5) is 20.9. The van der Waals surface area contributed by atoms with Crippen LogP contribution in [0.3, 0.4) is 0 Å². The van der Waals surface area contributed by atoms with Crippen LogP contribution in [0.15, 0.2) is 15.1 Å². The van der Waals surface area contributed by atoms with Gasteiger partial charge < -0.3 is 9.05 Å². The second kappa shape index (κ2) is 7.75. The molecule has 9 heteroatoms. The minimum Gasteiger partial charge on any atom is -0.338 e. The van der Waals surface area contributed by atoms with E-state index in [4.69, 9.17) is 9.05 Å². The first-order chi connectivity index (χ1) is 12.0. The molecule has 9 nitrogen and oxygen atoms in total. The Morgan fingerprint density at radius 2 is 2.04 bits per heavy atom. The van der Waals surface area contributed by atoms with Crippen molar-refractivity contribution < 1.29 is 13.8 Å². The molecule has 0 bridgehead atoms. The Morgan fingerprint density at radius 3 is 2.64 bits per heavy atom. The number of carbonyl (C=O) groups excluding carboxylic acids is 1. The summed E-state index contributed by atoms with van der Waals surface area (Å²) in [6.45, 7) is 9.53. The maximum Gasteiger partial charge on any atom is 0.243 e. The zero-order valence-electron chi connectivity index (χ0n) is 14.9. The quantitative estimate of drug-likeness (QED) is 0.832. The van der Waals surface area contributed by atoms with Crippen LogP contribution in [0.2, 0.25) is 0 Å². The Balaban J connectivity index is 1.45. The van der Waals surface area contributed by atoms with Gasteiger partial charge in [0.25, 0.3) is 0 Å². The molecule has 3 rings (SSSR count). The van der Waals surface area contributed by atoms with E-state index in [-0.39, 0.29) is 11.9 Å². The monoisotopic (exact) mass is 348 g/mol. The highest BCUT2D eigenvalue weighted by Gasteiger charge is 2.26. The molecule has 1 aliphatic heterocycles. The van der Waals surface area contributed by atoms with E-state index in [0.717, 1.165) is 44.1 Å². The second-order valence-corrected chi connectivity index (χ2v) is 6.27. The average molecular weight is 348 g/mol. The first kappa shape index (κ1) is 17.6. The Labute approximate surface area is 146 Å². The highest BCUT2D eigenvalue weighted by molar-refractivity contribution is 5.90. The van der Waals surface area contributed by atoms with E-state index < -0.39 is 0 Å². The fourth-order valence-electron chi connectivity index (χ4n) is 2.85. The van der Waals surface area contributed by atoms with Crippen molar-refractivity contribution in [3.05, 3.63) is 23.5 Å². The van der Waals surface area contributed by atoms with Crippen LogP contribution in [0.4, 0.5) is 5.88 Å². The third-order valence-electron chi connectivity index (χ3n) is 4.37. The van der Waals surface area contributed by atoms with Gasteiger partial charge >= 0.3 is 0 Å². The van der Waals surface area contributed by atoms with Crippen molar-refractivity contribution in [3.63, 3.8) is 0 Å². The molecule has 25 heavy (non-hydrogen) atoms. The van der Waals surface area contributed by atoms with Crippen molar-refractivity contribution in [3.8, 4) is 0 Å². The van der Waals surface area contributed by atoms with E-state index in [1.165, 1.54) is 0 Å². The number of aryl methyl sites for hydroxylation is 2. The van der Waals surface area contributed by atoms with E-state index >= 15 is 0 Å². The summed E-state index contributed by atoms with van der Waals surface area (Å²) >= 11 is 0. The molecule has 0 unspecified atom stereocenters. The third kappa shape index (κ3) is 4.43. The molecule has 1 atom stereocenters. The number of amides is 1.